The molecule has 90 valence electrons. The first kappa shape index (κ1) is 12.6. The van der Waals surface area contributed by atoms with Gasteiger partial charge in [0.15, 0.2) is 0 Å². The van der Waals surface area contributed by atoms with Crippen LogP contribution in [0.15, 0.2) is 28.7 Å². The average Bonchev–Trinajstić information content (AvgIpc) is 2.57. The Morgan fingerprint density at radius 3 is 2.65 bits per heavy atom. The second-order valence-corrected chi connectivity index (χ2v) is 6.15. The highest BCUT2D eigenvalue weighted by Gasteiger charge is 2.05. The molecule has 0 spiro atoms. The van der Waals surface area contributed by atoms with Gasteiger partial charge >= 0.3 is 0 Å². The molecule has 0 saturated carbocycles. The normalized spacial score (nSPS) is 10.6. The van der Waals surface area contributed by atoms with Gasteiger partial charge in [0.2, 0.25) is 0 Å². The number of thiophene rings is 1. The topological polar surface area (TPSA) is 12.0 Å². The zero-order chi connectivity index (χ0) is 12.4. The minimum absolute atomic E-state index is 0.197. The molecule has 0 amide bonds. The summed E-state index contributed by atoms with van der Waals surface area (Å²) < 4.78 is 14.7. The summed E-state index contributed by atoms with van der Waals surface area (Å²) in [6.45, 7) is 4.59. The first-order chi connectivity index (χ1) is 8.06. The number of halogens is 2. The van der Waals surface area contributed by atoms with E-state index in [1.54, 1.807) is 17.4 Å². The lowest BCUT2D eigenvalue weighted by molar-refractivity contribution is 0.629. The number of benzene rings is 1. The fraction of sp³-hybridized carbons (Fsp3) is 0.231. The van der Waals surface area contributed by atoms with E-state index in [0.29, 0.717) is 12.2 Å². The molecule has 1 heterocycles. The van der Waals surface area contributed by atoms with E-state index in [0.717, 1.165) is 10.0 Å². The Morgan fingerprint density at radius 1 is 1.29 bits per heavy atom. The first-order valence-corrected chi connectivity index (χ1v) is 6.92. The van der Waals surface area contributed by atoms with Gasteiger partial charge in [-0.05, 0) is 53.5 Å². The van der Waals surface area contributed by atoms with Crippen LogP contribution in [0.2, 0.25) is 0 Å². The Morgan fingerprint density at radius 2 is 2.06 bits per heavy atom. The average molecular weight is 314 g/mol. The van der Waals surface area contributed by atoms with Crippen LogP contribution in [0.5, 0.6) is 0 Å². The van der Waals surface area contributed by atoms with E-state index < -0.39 is 0 Å². The van der Waals surface area contributed by atoms with Crippen molar-refractivity contribution in [3.05, 3.63) is 49.9 Å². The third kappa shape index (κ3) is 3.07. The van der Waals surface area contributed by atoms with Gasteiger partial charge in [-0.25, -0.2) is 4.39 Å². The molecule has 0 saturated heterocycles. The fourth-order valence-electron chi connectivity index (χ4n) is 1.55. The molecule has 0 atom stereocenters. The number of nitrogens with one attached hydrogen (secondary N) is 1. The van der Waals surface area contributed by atoms with Crippen molar-refractivity contribution in [2.24, 2.45) is 0 Å². The molecule has 2 aromatic rings. The summed E-state index contributed by atoms with van der Waals surface area (Å²) in [4.78, 5) is 2.43. The summed E-state index contributed by atoms with van der Waals surface area (Å²) in [5.41, 5.74) is 1.49. The lowest BCUT2D eigenvalue weighted by atomic mass is 10.2. The summed E-state index contributed by atoms with van der Waals surface area (Å²) in [5, 5.41) is 3.11. The molecule has 0 aliphatic heterocycles. The maximum atomic E-state index is 13.6. The highest BCUT2D eigenvalue weighted by molar-refractivity contribution is 9.10. The van der Waals surface area contributed by atoms with E-state index in [2.05, 4.69) is 34.2 Å². The van der Waals surface area contributed by atoms with Crippen LogP contribution in [0.3, 0.4) is 0 Å². The van der Waals surface area contributed by atoms with E-state index in [1.165, 1.54) is 15.8 Å². The lowest BCUT2D eigenvalue weighted by Crippen LogP contribution is -1.99. The Balaban J connectivity index is 2.07. The Bertz CT molecular complexity index is 517. The van der Waals surface area contributed by atoms with Gasteiger partial charge in [0.25, 0.3) is 0 Å². The monoisotopic (exact) mass is 313 g/mol. The van der Waals surface area contributed by atoms with Crippen molar-refractivity contribution in [3.8, 4) is 0 Å². The van der Waals surface area contributed by atoms with Crippen molar-refractivity contribution < 1.29 is 4.39 Å². The Labute approximate surface area is 113 Å². The van der Waals surface area contributed by atoms with Gasteiger partial charge in [-0.2, -0.15) is 0 Å². The van der Waals surface area contributed by atoms with Crippen LogP contribution in [-0.2, 0) is 6.54 Å². The third-order valence-electron chi connectivity index (χ3n) is 2.49. The molecule has 4 heteroatoms. The van der Waals surface area contributed by atoms with Gasteiger partial charge in [0.05, 0.1) is 5.69 Å². The molecule has 17 heavy (non-hydrogen) atoms. The molecular weight excluding hydrogens is 301 g/mol. The van der Waals surface area contributed by atoms with Crippen LogP contribution in [-0.4, -0.2) is 0 Å². The molecule has 0 aliphatic rings. The number of aryl methyl sites for hydroxylation is 2. The molecule has 0 bridgehead atoms. The van der Waals surface area contributed by atoms with Crippen LogP contribution in [0.1, 0.15) is 15.3 Å². The molecule has 1 N–H and O–H groups in total. The van der Waals surface area contributed by atoms with Crippen LogP contribution >= 0.6 is 27.3 Å². The van der Waals surface area contributed by atoms with Gasteiger partial charge in [0.1, 0.15) is 5.82 Å². The molecule has 0 aliphatic carbocycles. The molecule has 0 radical (unpaired) electrons. The summed E-state index contributed by atoms with van der Waals surface area (Å²) in [6, 6.07) is 7.29. The number of rotatable bonds is 3. The molecule has 2 rings (SSSR count). The lowest BCUT2D eigenvalue weighted by Gasteiger charge is -2.06. The maximum absolute atomic E-state index is 13.6. The smallest absolute Gasteiger partial charge is 0.146 e. The number of hydrogen-bond acceptors (Lipinski definition) is 2. The molecule has 1 nitrogen and oxygen atoms in total. The zero-order valence-corrected chi connectivity index (χ0v) is 12.1. The van der Waals surface area contributed by atoms with E-state index in [-0.39, 0.29) is 5.82 Å². The van der Waals surface area contributed by atoms with Crippen LogP contribution in [0, 0.1) is 19.7 Å². The van der Waals surface area contributed by atoms with Crippen molar-refractivity contribution in [1.82, 2.24) is 0 Å². The molecule has 1 aromatic carbocycles. The van der Waals surface area contributed by atoms with E-state index in [4.69, 9.17) is 0 Å². The second-order valence-electron chi connectivity index (χ2n) is 3.95. The third-order valence-corrected chi connectivity index (χ3v) is 4.62. The highest BCUT2D eigenvalue weighted by Crippen LogP contribution is 2.27. The molecule has 0 unspecified atom stereocenters. The van der Waals surface area contributed by atoms with Crippen LogP contribution in [0.4, 0.5) is 10.1 Å². The van der Waals surface area contributed by atoms with E-state index >= 15 is 0 Å². The molecule has 1 aromatic heterocycles. The Hall–Kier alpha value is -0.870. The minimum atomic E-state index is -0.197. The standard InChI is InChI=1S/C13H13BrFNS/c1-8-3-4-13(12(15)5-8)16-7-10-6-11(14)9(2)17-10/h3-6,16H,7H2,1-2H3. The second kappa shape index (κ2) is 5.19. The summed E-state index contributed by atoms with van der Waals surface area (Å²) >= 11 is 5.19. The van der Waals surface area contributed by atoms with E-state index in [9.17, 15) is 4.39 Å². The predicted molar refractivity (Wildman–Crippen MR) is 75.2 cm³/mol. The van der Waals surface area contributed by atoms with E-state index in [1.807, 2.05) is 13.0 Å². The van der Waals surface area contributed by atoms with Crippen molar-refractivity contribution in [2.45, 2.75) is 20.4 Å². The SMILES string of the molecule is Cc1ccc(NCc2cc(Br)c(C)s2)c(F)c1. The van der Waals surface area contributed by atoms with Crippen molar-refractivity contribution in [1.29, 1.82) is 0 Å². The largest absolute Gasteiger partial charge is 0.378 e. The maximum Gasteiger partial charge on any atom is 0.146 e. The van der Waals surface area contributed by atoms with Gasteiger partial charge < -0.3 is 5.32 Å². The first-order valence-electron chi connectivity index (χ1n) is 5.31. The van der Waals surface area contributed by atoms with Gasteiger partial charge in [-0.3, -0.25) is 0 Å². The predicted octanol–water partition coefficient (Wildman–Crippen LogP) is 4.88. The van der Waals surface area contributed by atoms with Crippen molar-refractivity contribution in [2.75, 3.05) is 5.32 Å². The van der Waals surface area contributed by atoms with Gasteiger partial charge in [-0.15, -0.1) is 11.3 Å². The minimum Gasteiger partial charge on any atom is -0.378 e. The Kier molecular flexibility index (Phi) is 3.84. The summed E-state index contributed by atoms with van der Waals surface area (Å²) in [5.74, 6) is -0.197. The van der Waals surface area contributed by atoms with Gasteiger partial charge in [-0.1, -0.05) is 6.07 Å². The van der Waals surface area contributed by atoms with Crippen molar-refractivity contribution >= 4 is 33.0 Å². The van der Waals surface area contributed by atoms with Crippen LogP contribution in [0.25, 0.3) is 0 Å². The number of anilines is 1. The molecular formula is C13H13BrFNS. The summed E-state index contributed by atoms with van der Waals surface area (Å²) in [6.07, 6.45) is 0. The zero-order valence-electron chi connectivity index (χ0n) is 9.68. The quantitative estimate of drug-likeness (QED) is 0.851. The van der Waals surface area contributed by atoms with Crippen molar-refractivity contribution in [3.63, 3.8) is 0 Å². The molecule has 0 fully saturated rings. The van der Waals surface area contributed by atoms with Gasteiger partial charge in [0, 0.05) is 20.8 Å². The number of hydrogen-bond donors (Lipinski definition) is 1. The highest BCUT2D eigenvalue weighted by atomic mass is 79.9. The fourth-order valence-corrected chi connectivity index (χ4v) is 3.09. The van der Waals surface area contributed by atoms with Crippen LogP contribution < -0.4 is 5.32 Å². The summed E-state index contributed by atoms with van der Waals surface area (Å²) in [7, 11) is 0.